The molecule has 5 rings (SSSR count). The number of nitriles is 1. The third-order valence-electron chi connectivity index (χ3n) is 6.53. The highest BCUT2D eigenvalue weighted by molar-refractivity contribution is 6.32. The van der Waals surface area contributed by atoms with Gasteiger partial charge in [-0.05, 0) is 58.2 Å². The van der Waals surface area contributed by atoms with Crippen LogP contribution in [0.25, 0.3) is 27.8 Å². The number of halogens is 1. The minimum absolute atomic E-state index is 0.0310. The number of carbonyl (C=O) groups excluding carboxylic acids is 1. The van der Waals surface area contributed by atoms with Crippen LogP contribution in [0.15, 0.2) is 90.6 Å². The average molecular weight is 536 g/mol. The van der Waals surface area contributed by atoms with Crippen molar-refractivity contribution in [2.45, 2.75) is 13.0 Å². The van der Waals surface area contributed by atoms with Gasteiger partial charge in [-0.15, -0.1) is 0 Å². The molecule has 4 aromatic carbocycles. The Morgan fingerprint density at radius 2 is 1.79 bits per heavy atom. The van der Waals surface area contributed by atoms with Gasteiger partial charge in [0.2, 0.25) is 0 Å². The van der Waals surface area contributed by atoms with E-state index in [1.54, 1.807) is 12.1 Å². The van der Waals surface area contributed by atoms with E-state index in [0.717, 1.165) is 32.8 Å². The van der Waals surface area contributed by atoms with Crippen molar-refractivity contribution in [2.24, 2.45) is 0 Å². The Hall–Kier alpha value is -4.73. The van der Waals surface area contributed by atoms with Gasteiger partial charge in [0.05, 0.1) is 12.1 Å². The molecule has 0 radical (unpaired) electrons. The lowest BCUT2D eigenvalue weighted by Gasteiger charge is -2.14. The first-order valence-electron chi connectivity index (χ1n) is 12.5. The average Bonchev–Trinajstić information content (AvgIpc) is 3.38. The highest BCUT2D eigenvalue weighted by Crippen LogP contribution is 2.38. The molecule has 0 bridgehead atoms. The lowest BCUT2D eigenvalue weighted by atomic mass is 10.1. The fourth-order valence-electron chi connectivity index (χ4n) is 4.59. The third kappa shape index (κ3) is 5.74. The summed E-state index contributed by atoms with van der Waals surface area (Å²) < 4.78 is 11.6. The van der Waals surface area contributed by atoms with E-state index in [9.17, 15) is 10.1 Å². The smallest absolute Gasteiger partial charge is 0.261 e. The van der Waals surface area contributed by atoms with Crippen LogP contribution in [0, 0.1) is 11.3 Å². The fraction of sp³-hybridized carbons (Fsp3) is 0.125. The van der Waals surface area contributed by atoms with Crippen LogP contribution >= 0.6 is 11.6 Å². The van der Waals surface area contributed by atoms with Crippen molar-refractivity contribution in [1.82, 2.24) is 10.3 Å². The zero-order valence-corrected chi connectivity index (χ0v) is 22.1. The van der Waals surface area contributed by atoms with Crippen molar-refractivity contribution >= 4 is 45.3 Å². The third-order valence-corrected chi connectivity index (χ3v) is 6.82. The number of ether oxygens (including phenoxy) is 2. The molecule has 194 valence electrons. The standard InChI is InChI=1S/C32H26ClN3O3/c1-38-30-17-21(16-28(33)31(30)39-20-24-9-6-8-22-7-2-3-10-26(22)24)15-25(18-34)32(37)35-14-13-23-19-36-29-12-5-4-11-27(23)29/h2-12,15-17,19,36H,13-14,20H2,1H3,(H,35,37)/b25-15-. The van der Waals surface area contributed by atoms with Crippen molar-refractivity contribution in [3.8, 4) is 17.6 Å². The summed E-state index contributed by atoms with van der Waals surface area (Å²) in [6.45, 7) is 0.694. The Morgan fingerprint density at radius 1 is 1.03 bits per heavy atom. The number of amides is 1. The first-order chi connectivity index (χ1) is 19.1. The number of hydrogen-bond donors (Lipinski definition) is 2. The molecule has 0 fully saturated rings. The van der Waals surface area contributed by atoms with Gasteiger partial charge in [0.15, 0.2) is 11.5 Å². The molecule has 39 heavy (non-hydrogen) atoms. The second kappa shape index (κ2) is 11.8. The number of methoxy groups -OCH3 is 1. The summed E-state index contributed by atoms with van der Waals surface area (Å²) in [4.78, 5) is 16.0. The Kier molecular flexibility index (Phi) is 7.81. The zero-order valence-electron chi connectivity index (χ0n) is 21.3. The van der Waals surface area contributed by atoms with Crippen molar-refractivity contribution in [1.29, 1.82) is 5.26 Å². The molecule has 0 spiro atoms. The molecule has 0 saturated carbocycles. The van der Waals surface area contributed by atoms with Crippen molar-refractivity contribution < 1.29 is 14.3 Å². The zero-order chi connectivity index (χ0) is 27.2. The summed E-state index contributed by atoms with van der Waals surface area (Å²) in [6.07, 6.45) is 4.07. The summed E-state index contributed by atoms with van der Waals surface area (Å²) in [5.74, 6) is 0.348. The van der Waals surface area contributed by atoms with E-state index in [4.69, 9.17) is 21.1 Å². The topological polar surface area (TPSA) is 87.1 Å². The van der Waals surface area contributed by atoms with Gasteiger partial charge < -0.3 is 19.8 Å². The lowest BCUT2D eigenvalue weighted by molar-refractivity contribution is -0.117. The van der Waals surface area contributed by atoms with Gasteiger partial charge >= 0.3 is 0 Å². The Labute approximate surface area is 231 Å². The minimum Gasteiger partial charge on any atom is -0.493 e. The van der Waals surface area contributed by atoms with Crippen LogP contribution < -0.4 is 14.8 Å². The highest BCUT2D eigenvalue weighted by atomic mass is 35.5. The maximum absolute atomic E-state index is 12.7. The summed E-state index contributed by atoms with van der Waals surface area (Å²) in [6, 6.07) is 27.5. The predicted molar refractivity (Wildman–Crippen MR) is 155 cm³/mol. The Balaban J connectivity index is 1.28. The van der Waals surface area contributed by atoms with Gasteiger partial charge in [-0.1, -0.05) is 72.3 Å². The Bertz CT molecular complexity index is 1730. The molecule has 0 saturated heterocycles. The second-order valence-corrected chi connectivity index (χ2v) is 9.40. The van der Waals surface area contributed by atoms with Crippen LogP contribution in [0.3, 0.4) is 0 Å². The van der Waals surface area contributed by atoms with Crippen LogP contribution in [0.5, 0.6) is 11.5 Å². The van der Waals surface area contributed by atoms with Crippen molar-refractivity contribution in [3.05, 3.63) is 112 Å². The molecule has 0 aliphatic carbocycles. The SMILES string of the molecule is COc1cc(/C=C(/C#N)C(=O)NCCc2c[nH]c3ccccc23)cc(Cl)c1OCc1cccc2ccccc12. The predicted octanol–water partition coefficient (Wildman–Crippen LogP) is 6.83. The molecule has 1 amide bonds. The van der Waals surface area contributed by atoms with Crippen LogP contribution in [-0.4, -0.2) is 24.5 Å². The molecule has 7 heteroatoms. The van der Waals surface area contributed by atoms with E-state index >= 15 is 0 Å². The quantitative estimate of drug-likeness (QED) is 0.160. The van der Waals surface area contributed by atoms with Crippen LogP contribution in [0.4, 0.5) is 0 Å². The summed E-state index contributed by atoms with van der Waals surface area (Å²) in [5, 5.41) is 16.2. The van der Waals surface area contributed by atoms with Gasteiger partial charge in [0.1, 0.15) is 18.2 Å². The van der Waals surface area contributed by atoms with E-state index < -0.39 is 5.91 Å². The number of fused-ring (bicyclic) bond motifs is 2. The van der Waals surface area contributed by atoms with Gasteiger partial charge in [-0.2, -0.15) is 5.26 Å². The number of nitrogens with one attached hydrogen (secondary N) is 2. The number of nitrogens with zero attached hydrogens (tertiary/aromatic N) is 1. The number of benzene rings is 4. The highest BCUT2D eigenvalue weighted by Gasteiger charge is 2.15. The fourth-order valence-corrected chi connectivity index (χ4v) is 4.86. The van der Waals surface area contributed by atoms with Crippen LogP contribution in [0.1, 0.15) is 16.7 Å². The van der Waals surface area contributed by atoms with Crippen LogP contribution in [-0.2, 0) is 17.8 Å². The molecule has 6 nitrogen and oxygen atoms in total. The molecule has 0 aliphatic heterocycles. The van der Waals surface area contributed by atoms with Gasteiger partial charge in [-0.3, -0.25) is 4.79 Å². The van der Waals surface area contributed by atoms with Gasteiger partial charge in [0, 0.05) is 23.6 Å². The molecule has 1 heterocycles. The maximum Gasteiger partial charge on any atom is 0.261 e. The lowest BCUT2D eigenvalue weighted by Crippen LogP contribution is -2.26. The largest absolute Gasteiger partial charge is 0.493 e. The molecular weight excluding hydrogens is 510 g/mol. The maximum atomic E-state index is 12.7. The molecule has 0 atom stereocenters. The molecule has 2 N–H and O–H groups in total. The molecular formula is C32H26ClN3O3. The number of hydrogen-bond acceptors (Lipinski definition) is 4. The number of rotatable bonds is 9. The van der Waals surface area contributed by atoms with Crippen molar-refractivity contribution in [3.63, 3.8) is 0 Å². The number of aromatic nitrogens is 1. The van der Waals surface area contributed by atoms with E-state index in [1.807, 2.05) is 60.8 Å². The molecule has 5 aromatic rings. The summed E-state index contributed by atoms with van der Waals surface area (Å²) in [5.41, 5.74) is 3.69. The first-order valence-corrected chi connectivity index (χ1v) is 12.9. The Morgan fingerprint density at radius 3 is 2.62 bits per heavy atom. The second-order valence-electron chi connectivity index (χ2n) is 9.00. The first kappa shape index (κ1) is 25.9. The van der Waals surface area contributed by atoms with Gasteiger partial charge in [-0.25, -0.2) is 0 Å². The van der Waals surface area contributed by atoms with E-state index in [-0.39, 0.29) is 5.57 Å². The number of carbonyl (C=O) groups is 1. The van der Waals surface area contributed by atoms with E-state index in [1.165, 1.54) is 13.2 Å². The number of H-pyrrole nitrogens is 1. The molecule has 0 unspecified atom stereocenters. The normalized spacial score (nSPS) is 11.4. The molecule has 0 aliphatic rings. The summed E-state index contributed by atoms with van der Waals surface area (Å²) >= 11 is 6.57. The minimum atomic E-state index is -0.455. The van der Waals surface area contributed by atoms with Crippen molar-refractivity contribution in [2.75, 3.05) is 13.7 Å². The number of para-hydroxylation sites is 1. The monoisotopic (exact) mass is 535 g/mol. The van der Waals surface area contributed by atoms with E-state index in [2.05, 4.69) is 28.5 Å². The summed E-state index contributed by atoms with van der Waals surface area (Å²) in [7, 11) is 1.52. The van der Waals surface area contributed by atoms with Gasteiger partial charge in [0.25, 0.3) is 5.91 Å². The van der Waals surface area contributed by atoms with Crippen LogP contribution in [0.2, 0.25) is 5.02 Å². The van der Waals surface area contributed by atoms with E-state index in [0.29, 0.717) is 41.7 Å². The molecule has 1 aromatic heterocycles. The number of aromatic amines is 1.